The molecule has 2 unspecified atom stereocenters. The average molecular weight is 397 g/mol. The normalized spacial score (nSPS) is 17.2. The molecule has 7 heteroatoms. The van der Waals surface area contributed by atoms with Gasteiger partial charge in [-0.25, -0.2) is 0 Å². The zero-order valence-electron chi connectivity index (χ0n) is 17.2. The molecule has 0 saturated heterocycles. The Morgan fingerprint density at radius 2 is 1.62 bits per heavy atom. The Morgan fingerprint density at radius 1 is 0.966 bits per heavy atom. The first-order valence-corrected chi connectivity index (χ1v) is 9.49. The van der Waals surface area contributed by atoms with Gasteiger partial charge in [0.2, 0.25) is 11.8 Å². The van der Waals surface area contributed by atoms with Gasteiger partial charge >= 0.3 is 0 Å². The summed E-state index contributed by atoms with van der Waals surface area (Å²) in [5.74, 6) is 0.463. The molecular weight excluding hydrogens is 370 g/mol. The maximum Gasteiger partial charge on any atom is 0.228 e. The molecule has 1 aliphatic rings. The van der Waals surface area contributed by atoms with E-state index in [2.05, 4.69) is 10.6 Å². The van der Waals surface area contributed by atoms with Gasteiger partial charge in [0.1, 0.15) is 0 Å². The number of amides is 2. The molecule has 1 aliphatic carbocycles. The number of anilines is 2. The summed E-state index contributed by atoms with van der Waals surface area (Å²) >= 11 is 0. The lowest BCUT2D eigenvalue weighted by molar-refractivity contribution is -0.125. The molecule has 1 fully saturated rings. The number of benzene rings is 2. The number of methoxy groups -OCH3 is 2. The average Bonchev–Trinajstić information content (AvgIpc) is 3.53. The standard InChI is InChI=1S/C22H27N3O4/c1-25(2)16-8-6-15(7-9-16)24-22(27)18-12-17(18)21(26)23-13-14-5-10-19(28-3)20(11-14)29-4/h5-11,17-18H,12-13H2,1-4H3,(H,23,26)(H,24,27). The first-order valence-electron chi connectivity index (χ1n) is 9.49. The van der Waals surface area contributed by atoms with Crippen LogP contribution in [-0.2, 0) is 16.1 Å². The van der Waals surface area contributed by atoms with E-state index in [1.165, 1.54) is 0 Å². The van der Waals surface area contributed by atoms with Crippen LogP contribution in [0.25, 0.3) is 0 Å². The molecule has 2 aromatic carbocycles. The van der Waals surface area contributed by atoms with Crippen molar-refractivity contribution in [2.75, 3.05) is 38.5 Å². The molecule has 2 aromatic rings. The maximum atomic E-state index is 12.4. The minimum atomic E-state index is -0.283. The van der Waals surface area contributed by atoms with E-state index in [4.69, 9.17) is 9.47 Å². The molecule has 29 heavy (non-hydrogen) atoms. The van der Waals surface area contributed by atoms with Gasteiger partial charge in [-0.1, -0.05) is 6.07 Å². The smallest absolute Gasteiger partial charge is 0.228 e. The minimum absolute atomic E-state index is 0.108. The van der Waals surface area contributed by atoms with Gasteiger partial charge in [0, 0.05) is 32.0 Å². The number of rotatable bonds is 8. The van der Waals surface area contributed by atoms with E-state index in [0.717, 1.165) is 16.9 Å². The van der Waals surface area contributed by atoms with Gasteiger partial charge in [-0.15, -0.1) is 0 Å². The molecule has 3 rings (SSSR count). The number of carbonyl (C=O) groups excluding carboxylic acids is 2. The van der Waals surface area contributed by atoms with Crippen LogP contribution in [0.4, 0.5) is 11.4 Å². The van der Waals surface area contributed by atoms with Crippen LogP contribution in [0.3, 0.4) is 0 Å². The van der Waals surface area contributed by atoms with E-state index in [1.54, 1.807) is 20.3 Å². The third-order valence-electron chi connectivity index (χ3n) is 5.03. The minimum Gasteiger partial charge on any atom is -0.493 e. The summed E-state index contributed by atoms with van der Waals surface area (Å²) in [7, 11) is 7.07. The predicted molar refractivity (Wildman–Crippen MR) is 112 cm³/mol. The lowest BCUT2D eigenvalue weighted by Gasteiger charge is -2.13. The highest BCUT2D eigenvalue weighted by atomic mass is 16.5. The van der Waals surface area contributed by atoms with Gasteiger partial charge < -0.3 is 25.0 Å². The largest absolute Gasteiger partial charge is 0.493 e. The number of hydrogen-bond donors (Lipinski definition) is 2. The fraction of sp³-hybridized carbons (Fsp3) is 0.364. The number of carbonyl (C=O) groups is 2. The van der Waals surface area contributed by atoms with E-state index in [1.807, 2.05) is 55.4 Å². The summed E-state index contributed by atoms with van der Waals surface area (Å²) in [6.07, 6.45) is 0.569. The lowest BCUT2D eigenvalue weighted by atomic mass is 10.2. The van der Waals surface area contributed by atoms with E-state index >= 15 is 0 Å². The SMILES string of the molecule is COc1ccc(CNC(=O)C2CC2C(=O)Nc2ccc(N(C)C)cc2)cc1OC. The summed E-state index contributed by atoms with van der Waals surface area (Å²) in [6, 6.07) is 13.1. The summed E-state index contributed by atoms with van der Waals surface area (Å²) in [5, 5.41) is 5.79. The molecule has 2 atom stereocenters. The Hall–Kier alpha value is -3.22. The Labute approximate surface area is 171 Å². The van der Waals surface area contributed by atoms with Crippen LogP contribution < -0.4 is 25.0 Å². The number of ether oxygens (including phenoxy) is 2. The summed E-state index contributed by atoms with van der Waals surface area (Å²) in [4.78, 5) is 26.8. The van der Waals surface area contributed by atoms with Gasteiger partial charge in [-0.2, -0.15) is 0 Å². The van der Waals surface area contributed by atoms with Crippen LogP contribution in [0.5, 0.6) is 11.5 Å². The van der Waals surface area contributed by atoms with Crippen LogP contribution in [0, 0.1) is 11.8 Å². The molecule has 7 nitrogen and oxygen atoms in total. The highest BCUT2D eigenvalue weighted by molar-refractivity contribution is 5.99. The molecule has 0 spiro atoms. The van der Waals surface area contributed by atoms with Crippen molar-refractivity contribution in [2.24, 2.45) is 11.8 Å². The Bertz CT molecular complexity index is 880. The first kappa shape index (κ1) is 20.5. The van der Waals surface area contributed by atoms with Crippen molar-refractivity contribution in [3.8, 4) is 11.5 Å². The van der Waals surface area contributed by atoms with Crippen LogP contribution in [0.15, 0.2) is 42.5 Å². The molecule has 1 saturated carbocycles. The lowest BCUT2D eigenvalue weighted by Crippen LogP contribution is -2.27. The predicted octanol–water partition coefficient (Wildman–Crippen LogP) is 2.66. The molecular formula is C22H27N3O4. The second kappa shape index (κ2) is 8.86. The third kappa shape index (κ3) is 4.99. The molecule has 0 aliphatic heterocycles. The van der Waals surface area contributed by atoms with Crippen molar-refractivity contribution >= 4 is 23.2 Å². The summed E-state index contributed by atoms with van der Waals surface area (Å²) < 4.78 is 10.5. The van der Waals surface area contributed by atoms with E-state index in [-0.39, 0.29) is 23.7 Å². The van der Waals surface area contributed by atoms with Crippen molar-refractivity contribution in [3.63, 3.8) is 0 Å². The molecule has 0 heterocycles. The molecule has 0 bridgehead atoms. The number of nitrogens with one attached hydrogen (secondary N) is 2. The fourth-order valence-corrected chi connectivity index (χ4v) is 3.16. The molecule has 0 aromatic heterocycles. The monoisotopic (exact) mass is 397 g/mol. The second-order valence-electron chi connectivity index (χ2n) is 7.29. The Morgan fingerprint density at radius 3 is 2.24 bits per heavy atom. The van der Waals surface area contributed by atoms with Crippen LogP contribution in [-0.4, -0.2) is 40.1 Å². The number of hydrogen-bond acceptors (Lipinski definition) is 5. The maximum absolute atomic E-state index is 12.4. The second-order valence-corrected chi connectivity index (χ2v) is 7.29. The quantitative estimate of drug-likeness (QED) is 0.716. The topological polar surface area (TPSA) is 79.9 Å². The highest BCUT2D eigenvalue weighted by Gasteiger charge is 2.47. The van der Waals surface area contributed by atoms with Gasteiger partial charge in [0.25, 0.3) is 0 Å². The third-order valence-corrected chi connectivity index (χ3v) is 5.03. The van der Waals surface area contributed by atoms with E-state index in [0.29, 0.717) is 24.5 Å². The van der Waals surface area contributed by atoms with Crippen molar-refractivity contribution < 1.29 is 19.1 Å². The van der Waals surface area contributed by atoms with Crippen LogP contribution in [0.1, 0.15) is 12.0 Å². The molecule has 2 N–H and O–H groups in total. The van der Waals surface area contributed by atoms with Gasteiger partial charge in [0.15, 0.2) is 11.5 Å². The fourth-order valence-electron chi connectivity index (χ4n) is 3.16. The molecule has 154 valence electrons. The Balaban J connectivity index is 1.49. The van der Waals surface area contributed by atoms with Crippen molar-refractivity contribution in [1.82, 2.24) is 5.32 Å². The molecule has 2 amide bonds. The van der Waals surface area contributed by atoms with Crippen molar-refractivity contribution in [2.45, 2.75) is 13.0 Å². The summed E-state index contributed by atoms with van der Waals surface area (Å²) in [5.41, 5.74) is 2.69. The van der Waals surface area contributed by atoms with Gasteiger partial charge in [-0.05, 0) is 48.4 Å². The van der Waals surface area contributed by atoms with Crippen molar-refractivity contribution in [1.29, 1.82) is 0 Å². The Kier molecular flexibility index (Phi) is 6.26. The van der Waals surface area contributed by atoms with Gasteiger partial charge in [0.05, 0.1) is 26.1 Å². The summed E-state index contributed by atoms with van der Waals surface area (Å²) in [6.45, 7) is 0.371. The molecule has 0 radical (unpaired) electrons. The van der Waals surface area contributed by atoms with Crippen LogP contribution in [0.2, 0.25) is 0 Å². The zero-order valence-corrected chi connectivity index (χ0v) is 17.2. The highest BCUT2D eigenvalue weighted by Crippen LogP contribution is 2.39. The van der Waals surface area contributed by atoms with Crippen molar-refractivity contribution in [3.05, 3.63) is 48.0 Å². The van der Waals surface area contributed by atoms with E-state index < -0.39 is 0 Å². The zero-order chi connectivity index (χ0) is 21.0. The number of nitrogens with zero attached hydrogens (tertiary/aromatic N) is 1. The first-order chi connectivity index (χ1) is 13.9. The van der Waals surface area contributed by atoms with E-state index in [9.17, 15) is 9.59 Å². The van der Waals surface area contributed by atoms with Crippen LogP contribution >= 0.6 is 0 Å². The van der Waals surface area contributed by atoms with Gasteiger partial charge in [-0.3, -0.25) is 9.59 Å².